The molecule has 0 saturated heterocycles. The molecular formula is C12H20N2. The standard InChI is InChI=1S/C12H20N2/c1-3-6-11(2)9-13-10-12-7-4-5-8-14-12/h4-5,7-8,11,13H,3,6,9-10H2,1-2H3. The summed E-state index contributed by atoms with van der Waals surface area (Å²) in [6.07, 6.45) is 4.41. The summed E-state index contributed by atoms with van der Waals surface area (Å²) in [4.78, 5) is 4.26. The van der Waals surface area contributed by atoms with Crippen LogP contribution in [0.3, 0.4) is 0 Å². The van der Waals surface area contributed by atoms with Crippen molar-refractivity contribution >= 4 is 0 Å². The molecule has 2 nitrogen and oxygen atoms in total. The minimum Gasteiger partial charge on any atom is -0.311 e. The van der Waals surface area contributed by atoms with Gasteiger partial charge in [-0.2, -0.15) is 0 Å². The minimum atomic E-state index is 0.767. The Morgan fingerprint density at radius 2 is 2.29 bits per heavy atom. The molecule has 2 heteroatoms. The molecule has 0 fully saturated rings. The molecule has 1 aromatic heterocycles. The van der Waals surface area contributed by atoms with E-state index in [2.05, 4.69) is 30.2 Å². The van der Waals surface area contributed by atoms with Gasteiger partial charge in [0.15, 0.2) is 0 Å². The van der Waals surface area contributed by atoms with Gasteiger partial charge in [-0.3, -0.25) is 4.98 Å². The van der Waals surface area contributed by atoms with Crippen molar-refractivity contribution in [1.82, 2.24) is 10.3 Å². The van der Waals surface area contributed by atoms with Crippen LogP contribution in [0.4, 0.5) is 0 Å². The third-order valence-corrected chi connectivity index (χ3v) is 2.31. The zero-order valence-electron chi connectivity index (χ0n) is 9.16. The molecule has 0 spiro atoms. The van der Waals surface area contributed by atoms with Gasteiger partial charge in [-0.1, -0.05) is 26.3 Å². The molecule has 0 radical (unpaired) electrons. The molecular weight excluding hydrogens is 172 g/mol. The Balaban J connectivity index is 2.16. The predicted octanol–water partition coefficient (Wildman–Crippen LogP) is 2.61. The smallest absolute Gasteiger partial charge is 0.0541 e. The maximum Gasteiger partial charge on any atom is 0.0541 e. The molecule has 1 N–H and O–H groups in total. The fraction of sp³-hybridized carbons (Fsp3) is 0.583. The average Bonchev–Trinajstić information content (AvgIpc) is 2.20. The highest BCUT2D eigenvalue weighted by molar-refractivity contribution is 5.02. The zero-order chi connectivity index (χ0) is 10.2. The van der Waals surface area contributed by atoms with Gasteiger partial charge in [0.05, 0.1) is 5.69 Å². The number of rotatable bonds is 6. The van der Waals surface area contributed by atoms with Crippen LogP contribution in [0.25, 0.3) is 0 Å². The zero-order valence-corrected chi connectivity index (χ0v) is 9.16. The average molecular weight is 192 g/mol. The Bertz CT molecular complexity index is 233. The maximum absolute atomic E-state index is 4.26. The van der Waals surface area contributed by atoms with Gasteiger partial charge < -0.3 is 5.32 Å². The van der Waals surface area contributed by atoms with E-state index in [-0.39, 0.29) is 0 Å². The van der Waals surface area contributed by atoms with Crippen LogP contribution in [0.15, 0.2) is 24.4 Å². The number of nitrogens with one attached hydrogen (secondary N) is 1. The van der Waals surface area contributed by atoms with Gasteiger partial charge in [0, 0.05) is 12.7 Å². The van der Waals surface area contributed by atoms with Crippen molar-refractivity contribution in [2.75, 3.05) is 6.54 Å². The monoisotopic (exact) mass is 192 g/mol. The Morgan fingerprint density at radius 1 is 1.43 bits per heavy atom. The first kappa shape index (κ1) is 11.2. The minimum absolute atomic E-state index is 0.767. The Kier molecular flexibility index (Phi) is 5.23. The SMILES string of the molecule is CCCC(C)CNCc1ccccn1. The molecule has 1 unspecified atom stereocenters. The van der Waals surface area contributed by atoms with Crippen molar-refractivity contribution in [3.8, 4) is 0 Å². The Morgan fingerprint density at radius 3 is 2.93 bits per heavy atom. The van der Waals surface area contributed by atoms with E-state index >= 15 is 0 Å². The lowest BCUT2D eigenvalue weighted by atomic mass is 10.1. The van der Waals surface area contributed by atoms with E-state index in [0.29, 0.717) is 0 Å². The highest BCUT2D eigenvalue weighted by atomic mass is 14.9. The van der Waals surface area contributed by atoms with E-state index in [0.717, 1.165) is 24.7 Å². The molecule has 14 heavy (non-hydrogen) atoms. The van der Waals surface area contributed by atoms with Crippen LogP contribution in [0.1, 0.15) is 32.4 Å². The van der Waals surface area contributed by atoms with Crippen LogP contribution in [-0.4, -0.2) is 11.5 Å². The van der Waals surface area contributed by atoms with Crippen LogP contribution in [0, 0.1) is 5.92 Å². The second-order valence-corrected chi connectivity index (χ2v) is 3.85. The third kappa shape index (κ3) is 4.38. The summed E-state index contributed by atoms with van der Waals surface area (Å²) in [6, 6.07) is 6.03. The molecule has 0 saturated carbocycles. The number of aromatic nitrogens is 1. The highest BCUT2D eigenvalue weighted by Crippen LogP contribution is 2.03. The first-order chi connectivity index (χ1) is 6.83. The van der Waals surface area contributed by atoms with Crippen LogP contribution in [-0.2, 0) is 6.54 Å². The number of hydrogen-bond acceptors (Lipinski definition) is 2. The van der Waals surface area contributed by atoms with Crippen molar-refractivity contribution in [2.24, 2.45) is 5.92 Å². The van der Waals surface area contributed by atoms with Crippen LogP contribution < -0.4 is 5.32 Å². The summed E-state index contributed by atoms with van der Waals surface area (Å²) in [5, 5.41) is 3.42. The topological polar surface area (TPSA) is 24.9 Å². The highest BCUT2D eigenvalue weighted by Gasteiger charge is 1.99. The Labute approximate surface area is 86.8 Å². The molecule has 0 amide bonds. The molecule has 1 atom stereocenters. The second-order valence-electron chi connectivity index (χ2n) is 3.85. The summed E-state index contributed by atoms with van der Waals surface area (Å²) >= 11 is 0. The van der Waals surface area contributed by atoms with E-state index in [1.54, 1.807) is 0 Å². The summed E-state index contributed by atoms with van der Waals surface area (Å²) in [5.41, 5.74) is 1.12. The van der Waals surface area contributed by atoms with Gasteiger partial charge in [-0.05, 0) is 31.0 Å². The van der Waals surface area contributed by atoms with E-state index < -0.39 is 0 Å². The first-order valence-corrected chi connectivity index (χ1v) is 5.43. The lowest BCUT2D eigenvalue weighted by molar-refractivity contribution is 0.474. The molecule has 0 aliphatic heterocycles. The molecule has 1 aromatic rings. The summed E-state index contributed by atoms with van der Waals surface area (Å²) in [5.74, 6) is 0.767. The van der Waals surface area contributed by atoms with Crippen LogP contribution in [0.2, 0.25) is 0 Å². The first-order valence-electron chi connectivity index (χ1n) is 5.43. The summed E-state index contributed by atoms with van der Waals surface area (Å²) in [7, 11) is 0. The van der Waals surface area contributed by atoms with Gasteiger partial charge in [0.2, 0.25) is 0 Å². The summed E-state index contributed by atoms with van der Waals surface area (Å²) in [6.45, 7) is 6.49. The van der Waals surface area contributed by atoms with E-state index in [9.17, 15) is 0 Å². The van der Waals surface area contributed by atoms with Crippen LogP contribution >= 0.6 is 0 Å². The molecule has 0 aromatic carbocycles. The molecule has 1 rings (SSSR count). The number of hydrogen-bond donors (Lipinski definition) is 1. The molecule has 1 heterocycles. The van der Waals surface area contributed by atoms with E-state index in [4.69, 9.17) is 0 Å². The lowest BCUT2D eigenvalue weighted by Gasteiger charge is -2.10. The number of nitrogens with zero attached hydrogens (tertiary/aromatic N) is 1. The van der Waals surface area contributed by atoms with Gasteiger partial charge in [0.25, 0.3) is 0 Å². The fourth-order valence-electron chi connectivity index (χ4n) is 1.54. The molecule has 0 bridgehead atoms. The van der Waals surface area contributed by atoms with E-state index in [1.165, 1.54) is 12.8 Å². The van der Waals surface area contributed by atoms with Crippen molar-refractivity contribution in [3.05, 3.63) is 30.1 Å². The van der Waals surface area contributed by atoms with Crippen LogP contribution in [0.5, 0.6) is 0 Å². The van der Waals surface area contributed by atoms with Crippen molar-refractivity contribution in [1.29, 1.82) is 0 Å². The maximum atomic E-state index is 4.26. The van der Waals surface area contributed by atoms with Gasteiger partial charge in [-0.15, -0.1) is 0 Å². The van der Waals surface area contributed by atoms with Gasteiger partial charge in [-0.25, -0.2) is 0 Å². The van der Waals surface area contributed by atoms with Gasteiger partial charge >= 0.3 is 0 Å². The second kappa shape index (κ2) is 6.55. The van der Waals surface area contributed by atoms with Gasteiger partial charge in [0.1, 0.15) is 0 Å². The van der Waals surface area contributed by atoms with Crippen molar-refractivity contribution in [3.63, 3.8) is 0 Å². The molecule has 78 valence electrons. The third-order valence-electron chi connectivity index (χ3n) is 2.31. The summed E-state index contributed by atoms with van der Waals surface area (Å²) < 4.78 is 0. The number of pyridine rings is 1. The quantitative estimate of drug-likeness (QED) is 0.749. The van der Waals surface area contributed by atoms with Crippen molar-refractivity contribution in [2.45, 2.75) is 33.2 Å². The normalized spacial score (nSPS) is 12.7. The Hall–Kier alpha value is -0.890. The van der Waals surface area contributed by atoms with E-state index in [1.807, 2.05) is 18.3 Å². The van der Waals surface area contributed by atoms with Crippen molar-refractivity contribution < 1.29 is 0 Å². The largest absolute Gasteiger partial charge is 0.311 e. The molecule has 0 aliphatic carbocycles. The lowest BCUT2D eigenvalue weighted by Crippen LogP contribution is -2.21. The predicted molar refractivity (Wildman–Crippen MR) is 60.0 cm³/mol. The fourth-order valence-corrected chi connectivity index (χ4v) is 1.54. The molecule has 0 aliphatic rings.